The summed E-state index contributed by atoms with van der Waals surface area (Å²) < 4.78 is 24.1. The van der Waals surface area contributed by atoms with Gasteiger partial charge in [-0.25, -0.2) is 9.38 Å². The number of hydrogen-bond donors (Lipinski definition) is 0. The maximum atomic E-state index is 13.1. The van der Waals surface area contributed by atoms with Crippen LogP contribution >= 0.6 is 11.8 Å². The first-order valence-corrected chi connectivity index (χ1v) is 9.66. The second-order valence-electron chi connectivity index (χ2n) is 6.10. The van der Waals surface area contributed by atoms with E-state index in [1.807, 2.05) is 25.1 Å². The molecule has 1 saturated heterocycles. The third-order valence-electron chi connectivity index (χ3n) is 4.00. The van der Waals surface area contributed by atoms with Crippen LogP contribution in [-0.2, 0) is 4.79 Å². The van der Waals surface area contributed by atoms with Crippen LogP contribution in [0.4, 0.5) is 10.1 Å². The van der Waals surface area contributed by atoms with Crippen LogP contribution in [0.2, 0.25) is 0 Å². The molecule has 1 heterocycles. The number of amidine groups is 1. The molecule has 7 heteroatoms. The average molecular weight is 400 g/mol. The van der Waals surface area contributed by atoms with Gasteiger partial charge in [0.05, 0.1) is 24.3 Å². The number of amides is 1. The molecule has 0 N–H and O–H groups in total. The molecule has 0 aliphatic carbocycles. The predicted molar refractivity (Wildman–Crippen MR) is 111 cm³/mol. The summed E-state index contributed by atoms with van der Waals surface area (Å²) in [4.78, 5) is 19.0. The molecule has 0 unspecified atom stereocenters. The van der Waals surface area contributed by atoms with Gasteiger partial charge >= 0.3 is 0 Å². The van der Waals surface area contributed by atoms with E-state index in [0.29, 0.717) is 33.9 Å². The maximum Gasteiger partial charge on any atom is 0.266 e. The summed E-state index contributed by atoms with van der Waals surface area (Å²) in [6.07, 6.45) is 2.70. The third kappa shape index (κ3) is 4.54. The molecule has 0 atom stereocenters. The normalized spacial score (nSPS) is 16.9. The zero-order valence-electron chi connectivity index (χ0n) is 15.9. The quantitative estimate of drug-likeness (QED) is 0.650. The number of carbonyl (C=O) groups excluding carboxylic acids is 1. The lowest BCUT2D eigenvalue weighted by Gasteiger charge is -2.10. The van der Waals surface area contributed by atoms with E-state index in [9.17, 15) is 9.18 Å². The molecule has 0 spiro atoms. The Morgan fingerprint density at radius 3 is 2.61 bits per heavy atom. The van der Waals surface area contributed by atoms with Crippen molar-refractivity contribution in [1.29, 1.82) is 0 Å². The number of rotatable bonds is 6. The Labute approximate surface area is 167 Å². The molecule has 1 amide bonds. The molecule has 0 saturated carbocycles. The lowest BCUT2D eigenvalue weighted by atomic mass is 10.2. The lowest BCUT2D eigenvalue weighted by Crippen LogP contribution is -2.23. The highest BCUT2D eigenvalue weighted by atomic mass is 32.2. The Kier molecular flexibility index (Phi) is 6.36. The average Bonchev–Trinajstić information content (AvgIpc) is 2.96. The van der Waals surface area contributed by atoms with Gasteiger partial charge in [0.2, 0.25) is 0 Å². The van der Waals surface area contributed by atoms with Crippen molar-refractivity contribution in [2.24, 2.45) is 4.99 Å². The fraction of sp³-hybridized carbons (Fsp3) is 0.238. The van der Waals surface area contributed by atoms with Crippen LogP contribution in [0.15, 0.2) is 52.4 Å². The van der Waals surface area contributed by atoms with Gasteiger partial charge in [0.25, 0.3) is 5.91 Å². The second kappa shape index (κ2) is 8.93. The van der Waals surface area contributed by atoms with Crippen LogP contribution in [0.3, 0.4) is 0 Å². The van der Waals surface area contributed by atoms with Gasteiger partial charge in [-0.05, 0) is 66.2 Å². The monoisotopic (exact) mass is 400 g/mol. The molecule has 0 aromatic heterocycles. The first-order chi connectivity index (χ1) is 13.5. The Morgan fingerprint density at radius 1 is 1.18 bits per heavy atom. The molecule has 2 aromatic rings. The number of nitrogens with zero attached hydrogens (tertiary/aromatic N) is 2. The lowest BCUT2D eigenvalue weighted by molar-refractivity contribution is -0.121. The van der Waals surface area contributed by atoms with Crippen LogP contribution in [0.25, 0.3) is 6.08 Å². The zero-order chi connectivity index (χ0) is 20.1. The van der Waals surface area contributed by atoms with Gasteiger partial charge in [0.1, 0.15) is 5.82 Å². The molecule has 1 fully saturated rings. The van der Waals surface area contributed by atoms with Gasteiger partial charge in [0.15, 0.2) is 16.7 Å². The predicted octanol–water partition coefficient (Wildman–Crippen LogP) is 4.86. The number of carbonyl (C=O) groups is 1. The van der Waals surface area contributed by atoms with Crippen molar-refractivity contribution in [2.75, 3.05) is 20.8 Å². The number of hydrogen-bond acceptors (Lipinski definition) is 5. The van der Waals surface area contributed by atoms with Crippen molar-refractivity contribution >= 4 is 34.6 Å². The van der Waals surface area contributed by atoms with Crippen molar-refractivity contribution in [2.45, 2.75) is 13.3 Å². The van der Waals surface area contributed by atoms with Crippen molar-refractivity contribution < 1.29 is 18.7 Å². The van der Waals surface area contributed by atoms with Gasteiger partial charge in [-0.3, -0.25) is 9.69 Å². The van der Waals surface area contributed by atoms with Crippen molar-refractivity contribution in [3.63, 3.8) is 0 Å². The summed E-state index contributed by atoms with van der Waals surface area (Å²) in [5.41, 5.74) is 1.41. The molecule has 1 aliphatic heterocycles. The molecule has 2 aromatic carbocycles. The SMILES string of the molecule is CCCOc1ccc(/C=C2/SC(=Nc3ccc(F)cc3)N(C)C2=O)cc1OC. The number of ether oxygens (including phenoxy) is 2. The fourth-order valence-electron chi connectivity index (χ4n) is 2.53. The van der Waals surface area contributed by atoms with E-state index in [2.05, 4.69) is 4.99 Å². The highest BCUT2D eigenvalue weighted by Gasteiger charge is 2.30. The van der Waals surface area contributed by atoms with Crippen LogP contribution in [0.1, 0.15) is 18.9 Å². The summed E-state index contributed by atoms with van der Waals surface area (Å²) in [7, 11) is 3.25. The first-order valence-electron chi connectivity index (χ1n) is 8.84. The molecular formula is C21H21FN2O3S. The number of likely N-dealkylation sites (N-methyl/N-ethyl adjacent to an activating group) is 1. The summed E-state index contributed by atoms with van der Waals surface area (Å²) in [5, 5.41) is 0.540. The highest BCUT2D eigenvalue weighted by molar-refractivity contribution is 8.18. The Hall–Kier alpha value is -2.80. The molecule has 1 aliphatic rings. The number of methoxy groups -OCH3 is 1. The standard InChI is InChI=1S/C21H21FN2O3S/c1-4-11-27-17-10-5-14(12-18(17)26-3)13-19-20(25)24(2)21(28-19)23-16-8-6-15(22)7-9-16/h5-10,12-13H,4,11H2,1-3H3/b19-13+,23-21?. The van der Waals surface area contributed by atoms with E-state index < -0.39 is 0 Å². The van der Waals surface area contributed by atoms with E-state index in [4.69, 9.17) is 9.47 Å². The van der Waals surface area contributed by atoms with E-state index in [1.165, 1.54) is 28.8 Å². The molecule has 28 heavy (non-hydrogen) atoms. The van der Waals surface area contributed by atoms with E-state index in [1.54, 1.807) is 32.4 Å². The minimum Gasteiger partial charge on any atom is -0.493 e. The smallest absolute Gasteiger partial charge is 0.266 e. The van der Waals surface area contributed by atoms with Crippen LogP contribution in [0.5, 0.6) is 11.5 Å². The number of halogens is 1. The van der Waals surface area contributed by atoms with Gasteiger partial charge in [-0.15, -0.1) is 0 Å². The van der Waals surface area contributed by atoms with Crippen LogP contribution in [0, 0.1) is 5.82 Å². The first kappa shape index (κ1) is 19.9. The molecule has 5 nitrogen and oxygen atoms in total. The Bertz CT molecular complexity index is 926. The molecular weight excluding hydrogens is 379 g/mol. The third-order valence-corrected chi connectivity index (χ3v) is 5.06. The number of aliphatic imine (C=N–C) groups is 1. The zero-order valence-corrected chi connectivity index (χ0v) is 16.8. The topological polar surface area (TPSA) is 51.1 Å². The molecule has 146 valence electrons. The summed E-state index contributed by atoms with van der Waals surface area (Å²) in [6, 6.07) is 11.4. The van der Waals surface area contributed by atoms with Gasteiger partial charge in [0, 0.05) is 7.05 Å². The Balaban J connectivity index is 1.84. The van der Waals surface area contributed by atoms with E-state index in [0.717, 1.165) is 12.0 Å². The summed E-state index contributed by atoms with van der Waals surface area (Å²) in [5.74, 6) is 0.823. The Morgan fingerprint density at radius 2 is 1.93 bits per heavy atom. The van der Waals surface area contributed by atoms with Gasteiger partial charge < -0.3 is 9.47 Å². The molecule has 0 bridgehead atoms. The van der Waals surface area contributed by atoms with E-state index in [-0.39, 0.29) is 11.7 Å². The van der Waals surface area contributed by atoms with Crippen molar-refractivity contribution in [3.05, 3.63) is 58.8 Å². The highest BCUT2D eigenvalue weighted by Crippen LogP contribution is 2.35. The minimum absolute atomic E-state index is 0.142. The van der Waals surface area contributed by atoms with Crippen molar-refractivity contribution in [3.8, 4) is 11.5 Å². The van der Waals surface area contributed by atoms with Gasteiger partial charge in [-0.1, -0.05) is 13.0 Å². The van der Waals surface area contributed by atoms with Crippen molar-refractivity contribution in [1.82, 2.24) is 4.90 Å². The summed E-state index contributed by atoms with van der Waals surface area (Å²) in [6.45, 7) is 2.65. The molecule has 3 rings (SSSR count). The second-order valence-corrected chi connectivity index (χ2v) is 7.11. The number of benzene rings is 2. The largest absolute Gasteiger partial charge is 0.493 e. The minimum atomic E-state index is -0.326. The van der Waals surface area contributed by atoms with E-state index >= 15 is 0 Å². The van der Waals surface area contributed by atoms with Crippen LogP contribution < -0.4 is 9.47 Å². The molecule has 0 radical (unpaired) electrons. The van der Waals surface area contributed by atoms with Gasteiger partial charge in [-0.2, -0.15) is 0 Å². The van der Waals surface area contributed by atoms with Crippen LogP contribution in [-0.4, -0.2) is 36.7 Å². The number of thioether (sulfide) groups is 1. The maximum absolute atomic E-state index is 13.1. The summed E-state index contributed by atoms with van der Waals surface area (Å²) >= 11 is 1.27. The fourth-order valence-corrected chi connectivity index (χ4v) is 3.52.